The number of anilines is 4. The first-order chi connectivity index (χ1) is 29.7. The Morgan fingerprint density at radius 2 is 1.52 bits per heavy atom. The van der Waals surface area contributed by atoms with Crippen molar-refractivity contribution >= 4 is 118 Å². The van der Waals surface area contributed by atoms with Crippen LogP contribution in [0.2, 0.25) is 5.28 Å². The summed E-state index contributed by atoms with van der Waals surface area (Å²) in [5.74, 6) is -1.62. The molecule has 0 radical (unpaired) electrons. The molecule has 34 heteroatoms. The summed E-state index contributed by atoms with van der Waals surface area (Å²) in [6.45, 7) is -0.536. The van der Waals surface area contributed by atoms with Crippen molar-refractivity contribution in [2.75, 3.05) is 29.1 Å². The minimum absolute atomic E-state index is 0.0299. The maximum Gasteiger partial charge on any atom is 0.444 e. The lowest BCUT2D eigenvalue weighted by Gasteiger charge is -2.11. The van der Waals surface area contributed by atoms with Gasteiger partial charge < -0.3 is 22.5 Å². The molecule has 5 rings (SSSR count). The summed E-state index contributed by atoms with van der Waals surface area (Å²) in [6, 6.07) is 10.0. The van der Waals surface area contributed by atoms with Crippen LogP contribution in [0.25, 0.3) is 5.95 Å². The van der Waals surface area contributed by atoms with Gasteiger partial charge in [-0.1, -0.05) is 10.1 Å². The van der Waals surface area contributed by atoms with Crippen LogP contribution in [-0.4, -0.2) is 78.1 Å². The number of aromatic nitrogens is 4. The van der Waals surface area contributed by atoms with Crippen molar-refractivity contribution in [3.8, 4) is 5.95 Å². The van der Waals surface area contributed by atoms with Crippen LogP contribution in [0, 0.1) is 0 Å². The number of nitrogens with one attached hydrogen (secondary N) is 1. The van der Waals surface area contributed by atoms with Crippen molar-refractivity contribution in [2.24, 2.45) is 26.2 Å². The number of amides is 1. The fourth-order valence-corrected chi connectivity index (χ4v) is 8.12. The Kier molecular flexibility index (Phi) is 15.9. The first-order valence-electron chi connectivity index (χ1n) is 16.1. The second-order valence-corrected chi connectivity index (χ2v) is 18.0. The largest absolute Gasteiger partial charge is 0.444 e. The van der Waals surface area contributed by atoms with Crippen molar-refractivity contribution in [1.82, 2.24) is 15.0 Å². The maximum atomic E-state index is 12.8. The molecule has 11 N–H and O–H groups in total. The number of nitrogens with zero attached hydrogens (tertiary/aromatic N) is 8. The Morgan fingerprint density at radius 3 is 2.21 bits per heavy atom. The molecule has 0 saturated heterocycles. The van der Waals surface area contributed by atoms with Crippen LogP contribution in [0.15, 0.2) is 107 Å². The highest BCUT2D eigenvalue weighted by atomic mass is 35.5. The lowest BCUT2D eigenvalue weighted by atomic mass is 10.2. The summed E-state index contributed by atoms with van der Waals surface area (Å²) < 4.78 is 109. The molecule has 2 aromatic heterocycles. The van der Waals surface area contributed by atoms with E-state index in [1.54, 1.807) is 0 Å². The monoisotopic (exact) mass is 993 g/mol. The SMILES string of the molecule is NC(=O)c1ccc[n+](-c2nc(Cl)nc(Nc3ccc(SOOO)c(N=Nc4c(N)c(N=Nc5ccc(S(=O)(=O)CCOSOOO)cc5S(=O)(=O)O)cc(S(=O)(=O)O)c4N)c3)n2)c1. The first kappa shape index (κ1) is 48.4. The fourth-order valence-electron chi connectivity index (χ4n) is 4.76. The number of carbonyl (C=O) groups is 1. The zero-order valence-electron chi connectivity index (χ0n) is 30.7. The molecule has 5 aromatic rings. The number of nitrogens with two attached hydrogens (primary N) is 3. The zero-order chi connectivity index (χ0) is 46.1. The lowest BCUT2D eigenvalue weighted by Crippen LogP contribution is -2.34. The maximum absolute atomic E-state index is 12.8. The summed E-state index contributed by atoms with van der Waals surface area (Å²) in [6.07, 6.45) is 2.86. The van der Waals surface area contributed by atoms with Crippen molar-refractivity contribution < 1.29 is 77.2 Å². The normalized spacial score (nSPS) is 12.3. The van der Waals surface area contributed by atoms with E-state index in [9.17, 15) is 39.2 Å². The fraction of sp³-hybridized carbons (Fsp3) is 0.0690. The molecule has 2 heterocycles. The summed E-state index contributed by atoms with van der Waals surface area (Å²) in [4.78, 5) is 21.4. The smallest absolute Gasteiger partial charge is 0.396 e. The van der Waals surface area contributed by atoms with Crippen molar-refractivity contribution in [2.45, 2.75) is 19.6 Å². The number of carbonyl (C=O) groups excluding carboxylic acids is 1. The molecule has 1 amide bonds. The third-order valence-electron chi connectivity index (χ3n) is 7.51. The molecule has 0 aliphatic rings. The topological polar surface area (TPSA) is 429 Å². The standard InChI is InChI=1S/C29H25ClN12O16S5/c30-27-35-28(37-29(36-27)42-7-1-2-14(13-42)26(33)43)34-15-3-6-20(59-57-55-44)18(10-15)39-41-25-23(31)19(12-22(24(25)32)63(51,52)53)40-38-17-5-4-16(11-21(17)62(48,49)50)61(46,47)9-8-54-60-58-56-45/h1-7,10-13H,8-9,31-32H2,(H6-,33,34,35,36,37,43,44,45,48,49,50,51,52,53)/p+1. The molecule has 0 atom stereocenters. The van der Waals surface area contributed by atoms with Gasteiger partial charge in [0.25, 0.3) is 26.1 Å². The van der Waals surface area contributed by atoms with Gasteiger partial charge in [0.15, 0.2) is 22.2 Å². The van der Waals surface area contributed by atoms with E-state index in [0.29, 0.717) is 24.2 Å². The highest BCUT2D eigenvalue weighted by Gasteiger charge is 2.25. The number of benzene rings is 3. The third kappa shape index (κ3) is 12.7. The summed E-state index contributed by atoms with van der Waals surface area (Å²) in [5.41, 5.74) is 14.6. The number of hydrogen-bond acceptors (Lipinski definition) is 26. The summed E-state index contributed by atoms with van der Waals surface area (Å²) >= 11 is 6.66. The summed E-state index contributed by atoms with van der Waals surface area (Å²) in [7, 11) is -14.7. The Balaban J connectivity index is 1.53. The number of nitrogen functional groups attached to an aromatic ring is 2. The van der Waals surface area contributed by atoms with Crippen molar-refractivity contribution in [3.05, 3.63) is 77.8 Å². The van der Waals surface area contributed by atoms with Gasteiger partial charge in [0.1, 0.15) is 32.5 Å². The number of azo groups is 2. The lowest BCUT2D eigenvalue weighted by molar-refractivity contribution is -0.603. The van der Waals surface area contributed by atoms with E-state index in [0.717, 1.165) is 12.1 Å². The minimum atomic E-state index is -5.22. The zero-order valence-corrected chi connectivity index (χ0v) is 35.5. The van der Waals surface area contributed by atoms with Gasteiger partial charge in [-0.3, -0.25) is 18.1 Å². The molecule has 63 heavy (non-hydrogen) atoms. The molecule has 0 spiro atoms. The van der Waals surface area contributed by atoms with E-state index in [2.05, 4.69) is 59.5 Å². The quantitative estimate of drug-likeness (QED) is 0.00785. The molecule has 0 aliphatic heterocycles. The molecule has 3 aromatic carbocycles. The number of rotatable bonds is 20. The van der Waals surface area contributed by atoms with Crippen LogP contribution in [0.4, 0.5) is 45.8 Å². The van der Waals surface area contributed by atoms with Gasteiger partial charge in [-0.25, -0.2) is 23.5 Å². The van der Waals surface area contributed by atoms with E-state index in [4.69, 9.17) is 43.5 Å². The number of pyridine rings is 1. The molecule has 0 bridgehead atoms. The molecule has 28 nitrogen and oxygen atoms in total. The third-order valence-corrected chi connectivity index (χ3v) is 12.2. The highest BCUT2D eigenvalue weighted by Crippen LogP contribution is 2.44. The van der Waals surface area contributed by atoms with E-state index < -0.39 is 91.5 Å². The Bertz CT molecular complexity index is 2950. The van der Waals surface area contributed by atoms with Crippen LogP contribution >= 0.6 is 36.0 Å². The highest BCUT2D eigenvalue weighted by molar-refractivity contribution is 7.94. The van der Waals surface area contributed by atoms with E-state index in [1.807, 2.05) is 0 Å². The number of primary amides is 1. The number of sulfone groups is 1. The minimum Gasteiger partial charge on any atom is -0.396 e. The van der Waals surface area contributed by atoms with Crippen LogP contribution in [0.5, 0.6) is 0 Å². The molecule has 0 aliphatic carbocycles. The average Bonchev–Trinajstić information content (AvgIpc) is 3.22. The van der Waals surface area contributed by atoms with E-state index in [-0.39, 0.29) is 51.3 Å². The van der Waals surface area contributed by atoms with E-state index in [1.165, 1.54) is 47.3 Å². The first-order valence-corrected chi connectivity index (χ1v) is 22.5. The average molecular weight is 994 g/mol. The van der Waals surface area contributed by atoms with Gasteiger partial charge in [0.05, 0.1) is 63.5 Å². The molecule has 334 valence electrons. The molecule has 0 saturated carbocycles. The van der Waals surface area contributed by atoms with Crippen LogP contribution < -0.4 is 27.1 Å². The Labute approximate surface area is 366 Å². The predicted molar refractivity (Wildman–Crippen MR) is 215 cm³/mol. The van der Waals surface area contributed by atoms with Gasteiger partial charge in [0, 0.05) is 5.69 Å². The second-order valence-electron chi connectivity index (χ2n) is 11.5. The number of halogens is 1. The Morgan fingerprint density at radius 1 is 0.825 bits per heavy atom. The van der Waals surface area contributed by atoms with Crippen LogP contribution in [0.1, 0.15) is 10.4 Å². The Hall–Kier alpha value is -5.63. The molecule has 0 fully saturated rings. The molecule has 0 unspecified atom stereocenters. The van der Waals surface area contributed by atoms with Crippen molar-refractivity contribution in [3.63, 3.8) is 0 Å². The van der Waals surface area contributed by atoms with Gasteiger partial charge in [-0.05, 0) is 76.2 Å². The van der Waals surface area contributed by atoms with Gasteiger partial charge in [-0.2, -0.15) is 21.8 Å². The molecular weight excluding hydrogens is 968 g/mol. The van der Waals surface area contributed by atoms with Crippen LogP contribution in [0.3, 0.4) is 0 Å². The van der Waals surface area contributed by atoms with Gasteiger partial charge in [0.2, 0.25) is 0 Å². The van der Waals surface area contributed by atoms with Gasteiger partial charge >= 0.3 is 17.2 Å². The second kappa shape index (κ2) is 20.7. The predicted octanol–water partition coefficient (Wildman–Crippen LogP) is 4.34. The van der Waals surface area contributed by atoms with Crippen molar-refractivity contribution in [1.29, 1.82) is 0 Å². The van der Waals surface area contributed by atoms with Crippen LogP contribution in [-0.2, 0) is 53.0 Å². The van der Waals surface area contributed by atoms with Gasteiger partial charge in [-0.15, -0.1) is 29.1 Å². The van der Waals surface area contributed by atoms with E-state index >= 15 is 0 Å². The number of hydrogen-bond donors (Lipinski definition) is 8. The molecular formula is C29H26ClN12O16S5+. The summed E-state index contributed by atoms with van der Waals surface area (Å²) in [5, 5.41) is 41.9.